The molecule has 1 N–H and O–H groups in total. The van der Waals surface area contributed by atoms with Crippen molar-refractivity contribution < 1.29 is 0 Å². The van der Waals surface area contributed by atoms with Gasteiger partial charge in [-0.2, -0.15) is 0 Å². The summed E-state index contributed by atoms with van der Waals surface area (Å²) in [5.41, 5.74) is 4.92. The van der Waals surface area contributed by atoms with Crippen LogP contribution in [0.5, 0.6) is 0 Å². The number of pyridine rings is 1. The minimum atomic E-state index is 0.471. The monoisotopic (exact) mass is 359 g/mol. The fourth-order valence-electron chi connectivity index (χ4n) is 4.60. The lowest BCUT2D eigenvalue weighted by atomic mass is 9.80. The van der Waals surface area contributed by atoms with Crippen LogP contribution in [0.15, 0.2) is 42.5 Å². The first kappa shape index (κ1) is 16.6. The first-order chi connectivity index (χ1) is 13.3. The predicted octanol–water partition coefficient (Wildman–Crippen LogP) is 4.02. The van der Waals surface area contributed by atoms with E-state index < -0.39 is 0 Å². The lowest BCUT2D eigenvalue weighted by Gasteiger charge is -2.28. The Labute approximate surface area is 159 Å². The van der Waals surface area contributed by atoms with Crippen molar-refractivity contribution in [2.24, 2.45) is 0 Å². The molecule has 3 aromatic rings. The summed E-state index contributed by atoms with van der Waals surface area (Å²) in [6.07, 6.45) is 4.63. The molecule has 138 valence electrons. The van der Waals surface area contributed by atoms with Crippen LogP contribution in [0.1, 0.15) is 66.1 Å². The van der Waals surface area contributed by atoms with Gasteiger partial charge in [0.25, 0.3) is 0 Å². The van der Waals surface area contributed by atoms with Gasteiger partial charge in [0.15, 0.2) is 5.82 Å². The van der Waals surface area contributed by atoms with Crippen LogP contribution in [0.4, 0.5) is 0 Å². The highest BCUT2D eigenvalue weighted by molar-refractivity contribution is 5.44. The van der Waals surface area contributed by atoms with E-state index in [9.17, 15) is 0 Å². The second-order valence-electron chi connectivity index (χ2n) is 7.79. The largest absolute Gasteiger partial charge is 0.306 e. The Hall–Kier alpha value is -2.53. The summed E-state index contributed by atoms with van der Waals surface area (Å²) >= 11 is 0. The third kappa shape index (κ3) is 3.06. The first-order valence-electron chi connectivity index (χ1n) is 9.96. The highest BCUT2D eigenvalue weighted by Gasteiger charge is 2.30. The molecule has 0 atom stereocenters. The van der Waals surface area contributed by atoms with Gasteiger partial charge in [-0.25, -0.2) is 0 Å². The van der Waals surface area contributed by atoms with Gasteiger partial charge in [-0.15, -0.1) is 10.2 Å². The van der Waals surface area contributed by atoms with Crippen LogP contribution in [0.2, 0.25) is 0 Å². The van der Waals surface area contributed by atoms with Crippen LogP contribution < -0.4 is 5.32 Å². The predicted molar refractivity (Wildman–Crippen MR) is 105 cm³/mol. The van der Waals surface area contributed by atoms with Crippen LogP contribution in [-0.2, 0) is 13.1 Å². The van der Waals surface area contributed by atoms with Crippen molar-refractivity contribution in [1.29, 1.82) is 0 Å². The third-order valence-corrected chi connectivity index (χ3v) is 6.01. The Bertz CT molecular complexity index is 953. The molecule has 27 heavy (non-hydrogen) atoms. The highest BCUT2D eigenvalue weighted by Crippen LogP contribution is 2.40. The molecule has 0 saturated heterocycles. The van der Waals surface area contributed by atoms with Gasteiger partial charge in [-0.3, -0.25) is 9.55 Å². The number of hydrogen-bond acceptors (Lipinski definition) is 4. The first-order valence-corrected chi connectivity index (χ1v) is 9.96. The van der Waals surface area contributed by atoms with Gasteiger partial charge in [-0.1, -0.05) is 24.3 Å². The molecule has 1 aromatic carbocycles. The maximum absolute atomic E-state index is 4.76. The van der Waals surface area contributed by atoms with Crippen molar-refractivity contribution in [3.63, 3.8) is 0 Å². The molecule has 1 aliphatic carbocycles. The number of aromatic nitrogens is 4. The lowest BCUT2D eigenvalue weighted by Crippen LogP contribution is -2.17. The SMILES string of the molecule is Cc1cccc(C2CCC(c3nnc4n3-c3ccccc3CNC4)CC2)n1. The third-order valence-electron chi connectivity index (χ3n) is 6.01. The summed E-state index contributed by atoms with van der Waals surface area (Å²) in [5, 5.41) is 12.6. The number of fused-ring (bicyclic) bond motifs is 3. The smallest absolute Gasteiger partial charge is 0.151 e. The summed E-state index contributed by atoms with van der Waals surface area (Å²) in [6.45, 7) is 3.72. The molecule has 5 heteroatoms. The van der Waals surface area contributed by atoms with Gasteiger partial charge in [0, 0.05) is 29.8 Å². The molecule has 3 heterocycles. The van der Waals surface area contributed by atoms with Crippen molar-refractivity contribution in [2.45, 2.75) is 57.5 Å². The standard InChI is InChI=1S/C22H25N5/c1-15-5-4-7-19(24-15)16-9-11-17(12-10-16)22-26-25-21-14-23-13-18-6-2-3-8-20(18)27(21)22/h2-8,16-17,23H,9-14H2,1H3. The second-order valence-corrected chi connectivity index (χ2v) is 7.79. The maximum atomic E-state index is 4.76. The summed E-state index contributed by atoms with van der Waals surface area (Å²) in [7, 11) is 0. The van der Waals surface area contributed by atoms with Gasteiger partial charge >= 0.3 is 0 Å². The van der Waals surface area contributed by atoms with E-state index in [1.54, 1.807) is 0 Å². The van der Waals surface area contributed by atoms with Crippen molar-refractivity contribution in [1.82, 2.24) is 25.1 Å². The van der Waals surface area contributed by atoms with Crippen molar-refractivity contribution in [3.05, 3.63) is 71.1 Å². The van der Waals surface area contributed by atoms with Gasteiger partial charge in [0.2, 0.25) is 0 Å². The van der Waals surface area contributed by atoms with E-state index in [0.29, 0.717) is 11.8 Å². The molecular formula is C22H25N5. The normalized spacial score (nSPS) is 22.0. The quantitative estimate of drug-likeness (QED) is 0.751. The fraction of sp³-hybridized carbons (Fsp3) is 0.409. The summed E-state index contributed by atoms with van der Waals surface area (Å²) in [5.74, 6) is 3.20. The zero-order valence-electron chi connectivity index (χ0n) is 15.7. The molecule has 2 aromatic heterocycles. The zero-order chi connectivity index (χ0) is 18.2. The molecular weight excluding hydrogens is 334 g/mol. The molecule has 5 rings (SSSR count). The van der Waals surface area contributed by atoms with Crippen molar-refractivity contribution in [3.8, 4) is 5.69 Å². The van der Waals surface area contributed by atoms with E-state index in [4.69, 9.17) is 4.98 Å². The van der Waals surface area contributed by atoms with E-state index in [1.165, 1.54) is 29.8 Å². The Balaban J connectivity index is 1.42. The van der Waals surface area contributed by atoms with Crippen LogP contribution in [-0.4, -0.2) is 19.7 Å². The van der Waals surface area contributed by atoms with E-state index in [2.05, 4.69) is 69.5 Å². The molecule has 0 unspecified atom stereocenters. The highest BCUT2D eigenvalue weighted by atomic mass is 15.3. The Morgan fingerprint density at radius 3 is 2.56 bits per heavy atom. The number of benzene rings is 1. The van der Waals surface area contributed by atoms with Crippen LogP contribution in [0, 0.1) is 6.92 Å². The molecule has 1 saturated carbocycles. The van der Waals surface area contributed by atoms with Crippen LogP contribution >= 0.6 is 0 Å². The number of rotatable bonds is 2. The van der Waals surface area contributed by atoms with Gasteiger partial charge in [0.05, 0.1) is 12.2 Å². The molecule has 0 amide bonds. The molecule has 0 bridgehead atoms. The van der Waals surface area contributed by atoms with Gasteiger partial charge < -0.3 is 5.32 Å². The van der Waals surface area contributed by atoms with Crippen molar-refractivity contribution >= 4 is 0 Å². The number of nitrogens with one attached hydrogen (secondary N) is 1. The van der Waals surface area contributed by atoms with E-state index >= 15 is 0 Å². The summed E-state index contributed by atoms with van der Waals surface area (Å²) in [6, 6.07) is 15.0. The average Bonchev–Trinajstić information content (AvgIpc) is 3.03. The Kier molecular flexibility index (Phi) is 4.24. The fourth-order valence-corrected chi connectivity index (χ4v) is 4.60. The van der Waals surface area contributed by atoms with E-state index in [1.807, 2.05) is 0 Å². The lowest BCUT2D eigenvalue weighted by molar-refractivity contribution is 0.377. The minimum Gasteiger partial charge on any atom is -0.306 e. The number of aryl methyl sites for hydroxylation is 1. The van der Waals surface area contributed by atoms with Crippen LogP contribution in [0.25, 0.3) is 5.69 Å². The molecule has 0 radical (unpaired) electrons. The Morgan fingerprint density at radius 2 is 1.70 bits per heavy atom. The van der Waals surface area contributed by atoms with E-state index in [0.717, 1.165) is 43.3 Å². The van der Waals surface area contributed by atoms with Crippen molar-refractivity contribution in [2.75, 3.05) is 0 Å². The molecule has 1 fully saturated rings. The topological polar surface area (TPSA) is 55.6 Å². The van der Waals surface area contributed by atoms with Gasteiger partial charge in [-0.05, 0) is 56.4 Å². The van der Waals surface area contributed by atoms with Crippen LogP contribution in [0.3, 0.4) is 0 Å². The number of para-hydroxylation sites is 1. The molecule has 5 nitrogen and oxygen atoms in total. The summed E-state index contributed by atoms with van der Waals surface area (Å²) < 4.78 is 2.31. The average molecular weight is 359 g/mol. The molecule has 1 aliphatic heterocycles. The summed E-state index contributed by atoms with van der Waals surface area (Å²) in [4.78, 5) is 4.76. The second kappa shape index (κ2) is 6.89. The number of hydrogen-bond donors (Lipinski definition) is 1. The van der Waals surface area contributed by atoms with Gasteiger partial charge in [0.1, 0.15) is 5.82 Å². The maximum Gasteiger partial charge on any atom is 0.151 e. The molecule has 2 aliphatic rings. The Morgan fingerprint density at radius 1 is 0.889 bits per heavy atom. The minimum absolute atomic E-state index is 0.471. The number of nitrogens with zero attached hydrogens (tertiary/aromatic N) is 4. The zero-order valence-corrected chi connectivity index (χ0v) is 15.7. The molecule has 0 spiro atoms. The van der Waals surface area contributed by atoms with E-state index in [-0.39, 0.29) is 0 Å².